The first-order chi connectivity index (χ1) is 34.3. The highest BCUT2D eigenvalue weighted by atomic mass is 79.9. The van der Waals surface area contributed by atoms with E-state index < -0.39 is 10.8 Å². The summed E-state index contributed by atoms with van der Waals surface area (Å²) in [6, 6.07) is 18.3. The van der Waals surface area contributed by atoms with Crippen LogP contribution in [-0.4, -0.2) is 91.3 Å². The average molecular weight is 1160 g/mol. The lowest BCUT2D eigenvalue weighted by Gasteiger charge is -2.35. The molecular formula is C56H75Br2ClN4O10. The second kappa shape index (κ2) is 29.1. The van der Waals surface area contributed by atoms with E-state index in [4.69, 9.17) is 40.0 Å². The fraction of sp³-hybridized carbons (Fsp3) is 0.500. The number of rotatable bonds is 15. The fourth-order valence-electron chi connectivity index (χ4n) is 7.81. The summed E-state index contributed by atoms with van der Waals surface area (Å²) in [5.41, 5.74) is 15.3. The third kappa shape index (κ3) is 20.3. The maximum absolute atomic E-state index is 13.4. The van der Waals surface area contributed by atoms with Gasteiger partial charge < -0.3 is 28.4 Å². The first-order valence-corrected chi connectivity index (χ1v) is 26.7. The first kappa shape index (κ1) is 61.2. The van der Waals surface area contributed by atoms with Gasteiger partial charge in [-0.3, -0.25) is 30.0 Å². The largest absolute Gasteiger partial charge is 0.490 e. The molecule has 0 aromatic heterocycles. The highest BCUT2D eigenvalue weighted by Gasteiger charge is 2.31. The average Bonchev–Trinajstić information content (AvgIpc) is 3.31. The molecule has 2 unspecified atom stereocenters. The zero-order valence-corrected chi connectivity index (χ0v) is 48.5. The van der Waals surface area contributed by atoms with Gasteiger partial charge in [-0.15, -0.1) is 0 Å². The molecule has 14 nitrogen and oxygen atoms in total. The van der Waals surface area contributed by atoms with E-state index in [2.05, 4.69) is 48.1 Å². The quantitative estimate of drug-likeness (QED) is 0.0590. The molecule has 17 heteroatoms. The molecule has 4 aromatic rings. The summed E-state index contributed by atoms with van der Waals surface area (Å²) < 4.78 is 36.0. The van der Waals surface area contributed by atoms with Crippen molar-refractivity contribution in [2.45, 2.75) is 145 Å². The molecule has 3 amide bonds. The lowest BCUT2D eigenvalue weighted by Crippen LogP contribution is -2.56. The molecule has 2 atom stereocenters. The van der Waals surface area contributed by atoms with Crippen molar-refractivity contribution in [2.24, 2.45) is 0 Å². The second-order valence-corrected chi connectivity index (χ2v) is 22.3. The number of hydrazine groups is 2. The van der Waals surface area contributed by atoms with Gasteiger partial charge in [-0.2, -0.15) is 0 Å². The fourth-order valence-corrected chi connectivity index (χ4v) is 9.00. The highest BCUT2D eigenvalue weighted by molar-refractivity contribution is 9.11. The van der Waals surface area contributed by atoms with Gasteiger partial charge in [-0.1, -0.05) is 34.4 Å². The number of halogens is 3. The van der Waals surface area contributed by atoms with Gasteiger partial charge in [-0.25, -0.2) is 10.4 Å². The lowest BCUT2D eigenvalue weighted by molar-refractivity contribution is -0.165. The van der Waals surface area contributed by atoms with E-state index in [0.717, 1.165) is 88.5 Å². The maximum Gasteiger partial charge on any atom is 0.272 e. The summed E-state index contributed by atoms with van der Waals surface area (Å²) in [5.74, 6) is 0.377. The Morgan fingerprint density at radius 3 is 1.42 bits per heavy atom. The van der Waals surface area contributed by atoms with Crippen molar-refractivity contribution in [2.75, 3.05) is 39.6 Å². The van der Waals surface area contributed by atoms with Crippen molar-refractivity contribution in [1.29, 1.82) is 0 Å². The topological polar surface area (TPSA) is 163 Å². The lowest BCUT2D eigenvalue weighted by atomic mass is 10.0. The van der Waals surface area contributed by atoms with Gasteiger partial charge in [0.15, 0.2) is 12.6 Å². The van der Waals surface area contributed by atoms with Crippen LogP contribution in [0.4, 0.5) is 0 Å². The van der Waals surface area contributed by atoms with Crippen LogP contribution in [0.15, 0.2) is 69.6 Å². The van der Waals surface area contributed by atoms with E-state index in [9.17, 15) is 19.2 Å². The zero-order chi connectivity index (χ0) is 54.0. The van der Waals surface area contributed by atoms with E-state index in [1.165, 1.54) is 5.01 Å². The Kier molecular flexibility index (Phi) is 24.3. The SMILES string of the molecule is Cc1c(C(=O)NNC(C)(C)C)ccc(Br)c1OCCOC1CCCCO1.Cc1cc(C)cc(C(=O)Cl)c1.Cc1cc(C)cc(C(=O)N(NC(=O)c2ccc(Br)c(OCCOC3CCCCO3)c2C)C(C)(C)C)c1. The van der Waals surface area contributed by atoms with Crippen LogP contribution < -0.4 is 25.8 Å². The summed E-state index contributed by atoms with van der Waals surface area (Å²) >= 11 is 12.3. The Hall–Kier alpha value is -4.39. The van der Waals surface area contributed by atoms with Crippen molar-refractivity contribution in [1.82, 2.24) is 21.3 Å². The van der Waals surface area contributed by atoms with E-state index in [-0.39, 0.29) is 35.8 Å². The van der Waals surface area contributed by atoms with Crippen LogP contribution in [0.1, 0.15) is 155 Å². The van der Waals surface area contributed by atoms with Gasteiger partial charge in [-0.05, 0) is 214 Å². The summed E-state index contributed by atoms with van der Waals surface area (Å²) in [6.07, 6.45) is 5.92. The number of benzene rings is 4. The number of hydrogen-bond acceptors (Lipinski definition) is 11. The molecule has 73 heavy (non-hydrogen) atoms. The van der Waals surface area contributed by atoms with Crippen LogP contribution in [0.25, 0.3) is 0 Å². The number of carbonyl (C=O) groups is 4. The summed E-state index contributed by atoms with van der Waals surface area (Å²) in [7, 11) is 0. The maximum atomic E-state index is 13.4. The van der Waals surface area contributed by atoms with E-state index in [1.807, 2.05) is 113 Å². The number of nitrogens with zero attached hydrogens (tertiary/aromatic N) is 1. The van der Waals surface area contributed by atoms with Gasteiger partial charge >= 0.3 is 0 Å². The Morgan fingerprint density at radius 1 is 0.616 bits per heavy atom. The molecule has 0 saturated carbocycles. The molecular weight excluding hydrogens is 1080 g/mol. The van der Waals surface area contributed by atoms with Crippen molar-refractivity contribution < 1.29 is 47.6 Å². The second-order valence-electron chi connectivity index (χ2n) is 20.2. The monoisotopic (exact) mass is 1160 g/mol. The number of amides is 3. The minimum absolute atomic E-state index is 0.127. The molecule has 6 rings (SSSR count). The third-order valence-corrected chi connectivity index (χ3v) is 12.8. The van der Waals surface area contributed by atoms with Crippen LogP contribution in [0, 0.1) is 41.5 Å². The Morgan fingerprint density at radius 2 is 1.04 bits per heavy atom. The van der Waals surface area contributed by atoms with Crippen LogP contribution in [0.3, 0.4) is 0 Å². The van der Waals surface area contributed by atoms with E-state index in [0.29, 0.717) is 65.7 Å². The highest BCUT2D eigenvalue weighted by Crippen LogP contribution is 2.33. The smallest absolute Gasteiger partial charge is 0.272 e. The number of nitrogens with one attached hydrogen (secondary N) is 3. The van der Waals surface area contributed by atoms with Crippen molar-refractivity contribution in [3.63, 3.8) is 0 Å². The normalized spacial score (nSPS) is 15.7. The van der Waals surface area contributed by atoms with Crippen LogP contribution in [-0.2, 0) is 18.9 Å². The van der Waals surface area contributed by atoms with Crippen LogP contribution >= 0.6 is 43.5 Å². The molecule has 4 aromatic carbocycles. The van der Waals surface area contributed by atoms with Crippen molar-refractivity contribution >= 4 is 66.4 Å². The zero-order valence-electron chi connectivity index (χ0n) is 44.6. The molecule has 0 aliphatic carbocycles. The number of ether oxygens (including phenoxy) is 6. The molecule has 400 valence electrons. The molecule has 0 bridgehead atoms. The molecule has 2 aliphatic rings. The predicted molar refractivity (Wildman–Crippen MR) is 294 cm³/mol. The Balaban J connectivity index is 0.000000270. The first-order valence-electron chi connectivity index (χ1n) is 24.7. The van der Waals surface area contributed by atoms with Crippen LogP contribution in [0.5, 0.6) is 11.5 Å². The molecule has 2 heterocycles. The molecule has 2 fully saturated rings. The third-order valence-electron chi connectivity index (χ3n) is 11.3. The Labute approximate surface area is 454 Å². The molecule has 0 spiro atoms. The summed E-state index contributed by atoms with van der Waals surface area (Å²) in [6.45, 7) is 26.1. The van der Waals surface area contributed by atoms with Gasteiger partial charge in [0.25, 0.3) is 23.0 Å². The summed E-state index contributed by atoms with van der Waals surface area (Å²) in [5, 5.41) is 1.00. The number of carbonyl (C=O) groups excluding carboxylic acids is 4. The van der Waals surface area contributed by atoms with E-state index in [1.54, 1.807) is 30.3 Å². The number of hydrogen-bond donors (Lipinski definition) is 3. The van der Waals surface area contributed by atoms with Gasteiger partial charge in [0.1, 0.15) is 24.7 Å². The van der Waals surface area contributed by atoms with E-state index >= 15 is 0 Å². The minimum Gasteiger partial charge on any atom is -0.490 e. The molecule has 2 saturated heterocycles. The standard InChI is InChI=1S/C28H37BrN2O5.C19H29BrN2O4.C9H9ClO/c1-18-15-19(2)17-21(16-18)27(33)31(28(4,5)6)30-26(32)22-10-11-23(29)25(20(22)3)36-14-13-35-24-9-7-8-12-34-24;1-13-14(18(23)21-22-19(2,3)4)8-9-15(20)17(13)26-12-11-25-16-7-5-6-10-24-16;1-6-3-7(2)5-8(4-6)9(10)11/h10-11,15-17,24H,7-9,12-14H2,1-6H3,(H,30,32);8-9,16,22H,5-7,10-12H2,1-4H3,(H,21,23);3-5H,1-2H3. The number of aryl methyl sites for hydroxylation is 4. The van der Waals surface area contributed by atoms with Gasteiger partial charge in [0.2, 0.25) is 0 Å². The van der Waals surface area contributed by atoms with Gasteiger partial charge in [0.05, 0.1) is 27.7 Å². The predicted octanol–water partition coefficient (Wildman–Crippen LogP) is 12.3. The molecule has 2 aliphatic heterocycles. The van der Waals surface area contributed by atoms with Crippen molar-refractivity contribution in [3.05, 3.63) is 125 Å². The summed E-state index contributed by atoms with van der Waals surface area (Å²) in [4.78, 5) is 49.9. The molecule has 0 radical (unpaired) electrons. The van der Waals surface area contributed by atoms with Gasteiger partial charge in [0, 0.05) is 52.1 Å². The Bertz CT molecular complexity index is 2460. The minimum atomic E-state index is -0.647. The molecule has 3 N–H and O–H groups in total. The van der Waals surface area contributed by atoms with Crippen LogP contribution in [0.2, 0.25) is 0 Å². The van der Waals surface area contributed by atoms with Crippen molar-refractivity contribution in [3.8, 4) is 11.5 Å².